The van der Waals surface area contributed by atoms with Crippen molar-refractivity contribution in [2.45, 2.75) is 38.5 Å². The first-order valence-electron chi connectivity index (χ1n) is 7.26. The van der Waals surface area contributed by atoms with Crippen LogP contribution < -0.4 is 4.90 Å². The molecule has 0 aliphatic carbocycles. The summed E-state index contributed by atoms with van der Waals surface area (Å²) in [6.07, 6.45) is 4.49. The van der Waals surface area contributed by atoms with Crippen molar-refractivity contribution in [1.82, 2.24) is 0 Å². The fourth-order valence-electron chi connectivity index (χ4n) is 3.14. The number of anilines is 1. The van der Waals surface area contributed by atoms with E-state index < -0.39 is 0 Å². The van der Waals surface area contributed by atoms with E-state index in [4.69, 9.17) is 11.6 Å². The second-order valence-electron chi connectivity index (χ2n) is 5.51. The molecule has 1 aromatic carbocycles. The summed E-state index contributed by atoms with van der Waals surface area (Å²) in [5, 5.41) is 0. The maximum atomic E-state index is 12.2. The molecule has 3 nitrogen and oxygen atoms in total. The molecule has 2 heterocycles. The number of rotatable bonds is 5. The van der Waals surface area contributed by atoms with Crippen LogP contribution in [-0.4, -0.2) is 24.1 Å². The first-order chi connectivity index (χ1) is 9.70. The van der Waals surface area contributed by atoms with Gasteiger partial charge in [-0.2, -0.15) is 0 Å². The van der Waals surface area contributed by atoms with Crippen molar-refractivity contribution in [3.05, 3.63) is 28.8 Å². The highest BCUT2D eigenvalue weighted by Crippen LogP contribution is 2.37. The normalized spacial score (nSPS) is 16.4. The highest BCUT2D eigenvalue weighted by molar-refractivity contribution is 6.17. The van der Waals surface area contributed by atoms with Gasteiger partial charge in [0.25, 0.3) is 0 Å². The molecule has 0 spiro atoms. The monoisotopic (exact) mass is 291 g/mol. The zero-order valence-electron chi connectivity index (χ0n) is 11.5. The summed E-state index contributed by atoms with van der Waals surface area (Å²) >= 11 is 5.64. The van der Waals surface area contributed by atoms with Crippen LogP contribution in [0.15, 0.2) is 12.1 Å². The van der Waals surface area contributed by atoms with Gasteiger partial charge in [-0.1, -0.05) is 0 Å². The van der Waals surface area contributed by atoms with Crippen molar-refractivity contribution in [3.8, 4) is 0 Å². The quantitative estimate of drug-likeness (QED) is 0.475. The lowest BCUT2D eigenvalue weighted by atomic mass is 9.94. The number of hydrogen-bond donors (Lipinski definition) is 0. The van der Waals surface area contributed by atoms with Crippen LogP contribution >= 0.6 is 11.6 Å². The number of carbonyl (C=O) groups excluding carboxylic acids is 2. The topological polar surface area (TPSA) is 37.4 Å². The van der Waals surface area contributed by atoms with Gasteiger partial charge in [-0.05, 0) is 48.9 Å². The van der Waals surface area contributed by atoms with Gasteiger partial charge in [-0.15, -0.1) is 11.6 Å². The number of Topliss-reactive ketones (excluding diaryl/α,β-unsaturated/α-hetero) is 1. The van der Waals surface area contributed by atoms with E-state index in [1.165, 1.54) is 5.56 Å². The van der Waals surface area contributed by atoms with Crippen LogP contribution in [0.4, 0.5) is 5.69 Å². The predicted octanol–water partition coefficient (Wildman–Crippen LogP) is 3.11. The molecular weight excluding hydrogens is 274 g/mol. The Morgan fingerprint density at radius 2 is 1.90 bits per heavy atom. The van der Waals surface area contributed by atoms with Crippen molar-refractivity contribution in [2.75, 3.05) is 17.3 Å². The van der Waals surface area contributed by atoms with Gasteiger partial charge in [0.2, 0.25) is 5.91 Å². The Morgan fingerprint density at radius 3 is 2.65 bits per heavy atom. The van der Waals surface area contributed by atoms with Crippen molar-refractivity contribution < 1.29 is 9.59 Å². The third kappa shape index (κ3) is 2.35. The molecule has 0 atom stereocenters. The number of amides is 1. The fraction of sp³-hybridized carbons (Fsp3) is 0.500. The zero-order valence-corrected chi connectivity index (χ0v) is 12.2. The number of nitrogens with zero attached hydrogens (tertiary/aromatic N) is 1. The largest absolute Gasteiger partial charge is 0.312 e. The van der Waals surface area contributed by atoms with Gasteiger partial charge in [0.15, 0.2) is 5.78 Å². The third-order valence-corrected chi connectivity index (χ3v) is 4.43. The third-order valence-electron chi connectivity index (χ3n) is 4.16. The molecule has 1 aromatic rings. The Bertz CT molecular complexity index is 568. The molecule has 0 unspecified atom stereocenters. The minimum Gasteiger partial charge on any atom is -0.312 e. The van der Waals surface area contributed by atoms with E-state index in [9.17, 15) is 9.59 Å². The summed E-state index contributed by atoms with van der Waals surface area (Å²) in [4.78, 5) is 26.0. The van der Waals surface area contributed by atoms with E-state index >= 15 is 0 Å². The first kappa shape index (κ1) is 13.6. The van der Waals surface area contributed by atoms with E-state index in [1.54, 1.807) is 0 Å². The predicted molar refractivity (Wildman–Crippen MR) is 79.7 cm³/mol. The Hall–Kier alpha value is -1.35. The molecular formula is C16H18ClNO2. The fourth-order valence-corrected chi connectivity index (χ4v) is 3.33. The molecule has 0 aromatic heterocycles. The summed E-state index contributed by atoms with van der Waals surface area (Å²) in [6, 6.07) is 3.98. The van der Waals surface area contributed by atoms with Crippen LogP contribution in [0.25, 0.3) is 0 Å². The molecule has 0 N–H and O–H groups in total. The van der Waals surface area contributed by atoms with E-state index in [0.717, 1.165) is 49.0 Å². The lowest BCUT2D eigenvalue weighted by Gasteiger charge is -2.25. The van der Waals surface area contributed by atoms with Gasteiger partial charge >= 0.3 is 0 Å². The van der Waals surface area contributed by atoms with Gasteiger partial charge < -0.3 is 4.90 Å². The average molecular weight is 292 g/mol. The van der Waals surface area contributed by atoms with E-state index in [0.29, 0.717) is 18.7 Å². The van der Waals surface area contributed by atoms with Gasteiger partial charge in [0.05, 0.1) is 5.69 Å². The highest BCUT2D eigenvalue weighted by Gasteiger charge is 2.31. The minimum atomic E-state index is 0.199. The lowest BCUT2D eigenvalue weighted by molar-refractivity contribution is -0.118. The van der Waals surface area contributed by atoms with Crippen LogP contribution in [0.2, 0.25) is 0 Å². The molecule has 0 bridgehead atoms. The van der Waals surface area contributed by atoms with Crippen molar-refractivity contribution >= 4 is 29.0 Å². The van der Waals surface area contributed by atoms with Gasteiger partial charge in [0.1, 0.15) is 0 Å². The second-order valence-corrected chi connectivity index (χ2v) is 5.89. The second kappa shape index (κ2) is 5.57. The molecule has 20 heavy (non-hydrogen) atoms. The Kier molecular flexibility index (Phi) is 3.79. The van der Waals surface area contributed by atoms with Gasteiger partial charge in [-0.25, -0.2) is 0 Å². The van der Waals surface area contributed by atoms with E-state index in [-0.39, 0.29) is 11.7 Å². The number of halogens is 1. The molecule has 3 rings (SSSR count). The smallest absolute Gasteiger partial charge is 0.227 e. The number of hydrogen-bond acceptors (Lipinski definition) is 2. The maximum absolute atomic E-state index is 12.2. The van der Waals surface area contributed by atoms with Crippen molar-refractivity contribution in [3.63, 3.8) is 0 Å². The number of alkyl halides is 1. The first-order valence-corrected chi connectivity index (χ1v) is 7.79. The number of ketones is 1. The number of aryl methyl sites for hydroxylation is 1. The van der Waals surface area contributed by atoms with Crippen molar-refractivity contribution in [2.24, 2.45) is 0 Å². The molecule has 0 radical (unpaired) electrons. The number of benzene rings is 1. The standard InChI is InChI=1S/C16H18ClNO2/c17-7-2-1-3-14(19)13-9-11-4-5-15(20)18-8-6-12(10-13)16(11)18/h9-10H,1-8H2. The molecule has 1 amide bonds. The van der Waals surface area contributed by atoms with Crippen LogP contribution in [0.3, 0.4) is 0 Å². The number of carbonyl (C=O) groups is 2. The molecule has 0 fully saturated rings. The number of unbranched alkanes of at least 4 members (excludes halogenated alkanes) is 1. The molecule has 2 aliphatic rings. The van der Waals surface area contributed by atoms with E-state index in [1.807, 2.05) is 17.0 Å². The van der Waals surface area contributed by atoms with Gasteiger partial charge in [-0.3, -0.25) is 9.59 Å². The van der Waals surface area contributed by atoms with E-state index in [2.05, 4.69) is 0 Å². The van der Waals surface area contributed by atoms with Crippen LogP contribution in [-0.2, 0) is 17.6 Å². The van der Waals surface area contributed by atoms with Crippen LogP contribution in [0.1, 0.15) is 47.2 Å². The van der Waals surface area contributed by atoms with Crippen molar-refractivity contribution in [1.29, 1.82) is 0 Å². The summed E-state index contributed by atoms with van der Waals surface area (Å²) in [7, 11) is 0. The SMILES string of the molecule is O=C(CCCCCl)c1cc2c3c(c1)CCN3C(=O)CC2. The highest BCUT2D eigenvalue weighted by atomic mass is 35.5. The summed E-state index contributed by atoms with van der Waals surface area (Å²) in [5.74, 6) is 1.03. The van der Waals surface area contributed by atoms with Crippen LogP contribution in [0.5, 0.6) is 0 Å². The Balaban J connectivity index is 1.86. The summed E-state index contributed by atoms with van der Waals surface area (Å²) < 4.78 is 0. The summed E-state index contributed by atoms with van der Waals surface area (Å²) in [5.41, 5.74) is 4.22. The average Bonchev–Trinajstić information content (AvgIpc) is 2.88. The lowest BCUT2D eigenvalue weighted by Crippen LogP contribution is -2.32. The van der Waals surface area contributed by atoms with Gasteiger partial charge in [0, 0.05) is 30.8 Å². The Labute approximate surface area is 123 Å². The maximum Gasteiger partial charge on any atom is 0.227 e. The molecule has 0 saturated carbocycles. The van der Waals surface area contributed by atoms with Crippen LogP contribution in [0, 0.1) is 0 Å². The Morgan fingerprint density at radius 1 is 1.15 bits per heavy atom. The minimum absolute atomic E-state index is 0.199. The summed E-state index contributed by atoms with van der Waals surface area (Å²) in [6.45, 7) is 0.769. The molecule has 2 aliphatic heterocycles. The molecule has 4 heteroatoms. The molecule has 0 saturated heterocycles. The molecule has 106 valence electrons. The zero-order chi connectivity index (χ0) is 14.1.